The predicted molar refractivity (Wildman–Crippen MR) is 133 cm³/mol. The number of carbonyl (C=O) groups excluding carboxylic acids is 1. The summed E-state index contributed by atoms with van der Waals surface area (Å²) in [7, 11) is 3.30. The lowest BCUT2D eigenvalue weighted by atomic mass is 10.0. The molecular formula is C25H36N4O3S. The Morgan fingerprint density at radius 2 is 2.06 bits per heavy atom. The smallest absolute Gasteiger partial charge is 0.257 e. The van der Waals surface area contributed by atoms with Gasteiger partial charge in [-0.2, -0.15) is 0 Å². The maximum atomic E-state index is 13.1. The first-order valence-corrected chi connectivity index (χ1v) is 12.7. The molecule has 2 aromatic rings. The van der Waals surface area contributed by atoms with Crippen molar-refractivity contribution >= 4 is 17.7 Å². The van der Waals surface area contributed by atoms with Gasteiger partial charge in [0.25, 0.3) is 5.56 Å². The number of benzene rings is 1. The van der Waals surface area contributed by atoms with Crippen LogP contribution in [0.2, 0.25) is 0 Å². The van der Waals surface area contributed by atoms with Gasteiger partial charge in [-0.15, -0.1) is 0 Å². The van der Waals surface area contributed by atoms with Crippen molar-refractivity contribution in [2.45, 2.75) is 56.8 Å². The standard InChI is InChI=1S/C25H36N4O3S/c1-19-10-7-8-14-29(19)15-9-13-26-23(30)18-33-25-27-22(17-32-3)21(24(31)28(25)2)16-20-11-5-4-6-12-20/h4-6,11-12,19H,7-10,13-18H2,1-3H3,(H,26,30). The third-order valence-corrected chi connectivity index (χ3v) is 7.18. The molecule has 1 N–H and O–H groups in total. The van der Waals surface area contributed by atoms with Crippen LogP contribution in [0, 0.1) is 0 Å². The lowest BCUT2D eigenvalue weighted by Gasteiger charge is -2.33. The second-order valence-corrected chi connectivity index (χ2v) is 9.59. The molecule has 0 radical (unpaired) electrons. The molecule has 1 aliphatic rings. The number of nitrogens with zero attached hydrogens (tertiary/aromatic N) is 3. The first-order valence-electron chi connectivity index (χ1n) is 11.7. The Labute approximate surface area is 200 Å². The van der Waals surface area contributed by atoms with E-state index in [0.29, 0.717) is 35.4 Å². The third-order valence-electron chi connectivity index (χ3n) is 6.15. The second kappa shape index (κ2) is 12.9. The molecule has 180 valence electrons. The minimum absolute atomic E-state index is 0.0393. The number of hydrogen-bond donors (Lipinski definition) is 1. The number of aromatic nitrogens is 2. The number of hydrogen-bond acceptors (Lipinski definition) is 6. The van der Waals surface area contributed by atoms with Crippen molar-refractivity contribution in [3.8, 4) is 0 Å². The maximum Gasteiger partial charge on any atom is 0.257 e. The van der Waals surface area contributed by atoms with Crippen LogP contribution < -0.4 is 10.9 Å². The van der Waals surface area contributed by atoms with Gasteiger partial charge >= 0.3 is 0 Å². The number of ether oxygens (including phenoxy) is 1. The molecule has 1 unspecified atom stereocenters. The molecule has 7 nitrogen and oxygen atoms in total. The highest BCUT2D eigenvalue weighted by Gasteiger charge is 2.18. The van der Waals surface area contributed by atoms with Crippen LogP contribution in [-0.2, 0) is 29.6 Å². The zero-order valence-corrected chi connectivity index (χ0v) is 20.8. The van der Waals surface area contributed by atoms with E-state index in [1.165, 1.54) is 35.6 Å². The number of methoxy groups -OCH3 is 1. The average Bonchev–Trinajstić information content (AvgIpc) is 2.82. The van der Waals surface area contributed by atoms with E-state index in [2.05, 4.69) is 22.1 Å². The summed E-state index contributed by atoms with van der Waals surface area (Å²) in [6.45, 7) is 5.39. The summed E-state index contributed by atoms with van der Waals surface area (Å²) in [6.07, 6.45) is 5.31. The summed E-state index contributed by atoms with van der Waals surface area (Å²) in [5.41, 5.74) is 2.21. The van der Waals surface area contributed by atoms with Crippen LogP contribution in [0.1, 0.15) is 49.4 Å². The van der Waals surface area contributed by atoms with Gasteiger partial charge in [0.2, 0.25) is 5.91 Å². The highest BCUT2D eigenvalue weighted by atomic mass is 32.2. The molecular weight excluding hydrogens is 436 g/mol. The lowest BCUT2D eigenvalue weighted by Crippen LogP contribution is -2.39. The van der Waals surface area contributed by atoms with Gasteiger partial charge < -0.3 is 15.0 Å². The molecule has 1 saturated heterocycles. The number of rotatable bonds is 11. The number of amides is 1. The van der Waals surface area contributed by atoms with Crippen LogP contribution in [0.3, 0.4) is 0 Å². The van der Waals surface area contributed by atoms with Gasteiger partial charge in [0.05, 0.1) is 18.1 Å². The van der Waals surface area contributed by atoms with Gasteiger partial charge in [-0.3, -0.25) is 14.2 Å². The Hall–Kier alpha value is -2.16. The Morgan fingerprint density at radius 1 is 1.27 bits per heavy atom. The predicted octanol–water partition coefficient (Wildman–Crippen LogP) is 2.99. The molecule has 0 bridgehead atoms. The van der Waals surface area contributed by atoms with Crippen molar-refractivity contribution < 1.29 is 9.53 Å². The van der Waals surface area contributed by atoms with E-state index < -0.39 is 0 Å². The molecule has 8 heteroatoms. The van der Waals surface area contributed by atoms with Gasteiger partial charge in [0, 0.05) is 45.3 Å². The summed E-state index contributed by atoms with van der Waals surface area (Å²) in [5, 5.41) is 3.53. The summed E-state index contributed by atoms with van der Waals surface area (Å²) in [5.74, 6) is 0.188. The van der Waals surface area contributed by atoms with Crippen molar-refractivity contribution in [1.82, 2.24) is 19.8 Å². The van der Waals surface area contributed by atoms with Crippen LogP contribution >= 0.6 is 11.8 Å². The number of nitrogens with one attached hydrogen (secondary N) is 1. The minimum atomic E-state index is -0.0977. The summed E-state index contributed by atoms with van der Waals surface area (Å²) in [4.78, 5) is 32.6. The van der Waals surface area contributed by atoms with Crippen LogP contribution in [-0.4, -0.2) is 58.9 Å². The van der Waals surface area contributed by atoms with E-state index in [9.17, 15) is 9.59 Å². The number of likely N-dealkylation sites (tertiary alicyclic amines) is 1. The Morgan fingerprint density at radius 3 is 2.79 bits per heavy atom. The van der Waals surface area contributed by atoms with E-state index >= 15 is 0 Å². The molecule has 0 saturated carbocycles. The first-order chi connectivity index (χ1) is 16.0. The fourth-order valence-corrected chi connectivity index (χ4v) is 5.03. The highest BCUT2D eigenvalue weighted by Crippen LogP contribution is 2.18. The average molecular weight is 473 g/mol. The van der Waals surface area contributed by atoms with E-state index in [1.54, 1.807) is 14.2 Å². The van der Waals surface area contributed by atoms with Crippen molar-refractivity contribution in [2.24, 2.45) is 7.05 Å². The molecule has 0 aliphatic carbocycles. The molecule has 0 spiro atoms. The summed E-state index contributed by atoms with van der Waals surface area (Å²) in [6, 6.07) is 10.5. The topological polar surface area (TPSA) is 76.5 Å². The van der Waals surface area contributed by atoms with Crippen LogP contribution in [0.5, 0.6) is 0 Å². The van der Waals surface area contributed by atoms with E-state index in [0.717, 1.165) is 25.1 Å². The zero-order valence-electron chi connectivity index (χ0n) is 20.0. The van der Waals surface area contributed by atoms with Gasteiger partial charge in [0.15, 0.2) is 5.16 Å². The molecule has 1 amide bonds. The Kier molecular flexibility index (Phi) is 9.96. The van der Waals surface area contributed by atoms with E-state index in [-0.39, 0.29) is 23.8 Å². The summed E-state index contributed by atoms with van der Waals surface area (Å²) < 4.78 is 6.84. The van der Waals surface area contributed by atoms with Crippen molar-refractivity contribution in [3.63, 3.8) is 0 Å². The monoisotopic (exact) mass is 472 g/mol. The molecule has 2 heterocycles. The van der Waals surface area contributed by atoms with Crippen molar-refractivity contribution in [3.05, 3.63) is 57.5 Å². The fraction of sp³-hybridized carbons (Fsp3) is 0.560. The second-order valence-electron chi connectivity index (χ2n) is 8.65. The molecule has 33 heavy (non-hydrogen) atoms. The van der Waals surface area contributed by atoms with Crippen molar-refractivity contribution in [2.75, 3.05) is 32.5 Å². The quantitative estimate of drug-likeness (QED) is 0.308. The lowest BCUT2D eigenvalue weighted by molar-refractivity contribution is -0.118. The molecule has 1 atom stereocenters. The number of carbonyl (C=O) groups is 1. The largest absolute Gasteiger partial charge is 0.378 e. The molecule has 1 fully saturated rings. The first kappa shape index (κ1) is 25.5. The van der Waals surface area contributed by atoms with Crippen LogP contribution in [0.15, 0.2) is 40.3 Å². The Balaban J connectivity index is 1.55. The maximum absolute atomic E-state index is 13.1. The highest BCUT2D eigenvalue weighted by molar-refractivity contribution is 7.99. The normalized spacial score (nSPS) is 16.6. The molecule has 1 aromatic carbocycles. The molecule has 3 rings (SSSR count). The van der Waals surface area contributed by atoms with Gasteiger partial charge in [-0.1, -0.05) is 48.5 Å². The number of piperidine rings is 1. The third kappa shape index (κ3) is 7.42. The summed E-state index contributed by atoms with van der Waals surface area (Å²) >= 11 is 1.28. The minimum Gasteiger partial charge on any atom is -0.378 e. The van der Waals surface area contributed by atoms with Crippen LogP contribution in [0.25, 0.3) is 0 Å². The van der Waals surface area contributed by atoms with E-state index in [1.807, 2.05) is 30.3 Å². The fourth-order valence-electron chi connectivity index (χ4n) is 4.21. The zero-order chi connectivity index (χ0) is 23.6. The Bertz CT molecular complexity index is 964. The molecule has 1 aliphatic heterocycles. The van der Waals surface area contributed by atoms with Crippen LogP contribution in [0.4, 0.5) is 0 Å². The van der Waals surface area contributed by atoms with Gasteiger partial charge in [-0.25, -0.2) is 4.98 Å². The van der Waals surface area contributed by atoms with Crippen molar-refractivity contribution in [1.29, 1.82) is 0 Å². The molecule has 1 aromatic heterocycles. The van der Waals surface area contributed by atoms with Gasteiger partial charge in [0.1, 0.15) is 0 Å². The van der Waals surface area contributed by atoms with Gasteiger partial charge in [-0.05, 0) is 38.3 Å². The van der Waals surface area contributed by atoms with E-state index in [4.69, 9.17) is 4.74 Å². The number of thioether (sulfide) groups is 1. The SMILES string of the molecule is COCc1nc(SCC(=O)NCCCN2CCCCC2C)n(C)c(=O)c1Cc1ccccc1.